The lowest BCUT2D eigenvalue weighted by Gasteiger charge is -2.06. The van der Waals surface area contributed by atoms with E-state index in [-0.39, 0.29) is 11.0 Å². The fourth-order valence-corrected chi connectivity index (χ4v) is 2.47. The molecule has 1 heterocycles. The number of carbonyl (C=O) groups excluding carboxylic acids is 1. The monoisotopic (exact) mass is 332 g/mol. The molecule has 1 amide bonds. The van der Waals surface area contributed by atoms with E-state index in [1.165, 1.54) is 6.20 Å². The van der Waals surface area contributed by atoms with Gasteiger partial charge < -0.3 is 10.3 Å². The van der Waals surface area contributed by atoms with Gasteiger partial charge in [-0.2, -0.15) is 0 Å². The van der Waals surface area contributed by atoms with Gasteiger partial charge in [-0.1, -0.05) is 29.3 Å². The molecule has 0 aliphatic carbocycles. The van der Waals surface area contributed by atoms with Gasteiger partial charge in [0.15, 0.2) is 0 Å². The topological polar surface area (TPSA) is 62.0 Å². The number of pyridine rings is 1. The smallest absolute Gasteiger partial charge is 0.261 e. The molecule has 3 aromatic rings. The zero-order valence-corrected chi connectivity index (χ0v) is 12.7. The van der Waals surface area contributed by atoms with Crippen molar-refractivity contribution in [3.05, 3.63) is 74.5 Å². The van der Waals surface area contributed by atoms with Crippen molar-refractivity contribution in [2.45, 2.75) is 0 Å². The molecule has 110 valence electrons. The van der Waals surface area contributed by atoms with Crippen LogP contribution in [0.4, 0.5) is 5.69 Å². The first-order valence-corrected chi connectivity index (χ1v) is 7.18. The predicted molar refractivity (Wildman–Crippen MR) is 89.0 cm³/mol. The van der Waals surface area contributed by atoms with E-state index in [4.69, 9.17) is 23.2 Å². The highest BCUT2D eigenvalue weighted by molar-refractivity contribution is 6.35. The summed E-state index contributed by atoms with van der Waals surface area (Å²) in [5, 5.41) is 4.02. The van der Waals surface area contributed by atoms with E-state index in [9.17, 15) is 9.59 Å². The maximum Gasteiger partial charge on any atom is 0.261 e. The van der Waals surface area contributed by atoms with Gasteiger partial charge in [-0.15, -0.1) is 0 Å². The molecule has 4 nitrogen and oxygen atoms in total. The number of hydrogen-bond donors (Lipinski definition) is 2. The van der Waals surface area contributed by atoms with Crippen molar-refractivity contribution in [1.82, 2.24) is 4.98 Å². The van der Waals surface area contributed by atoms with Crippen LogP contribution < -0.4 is 10.7 Å². The number of fused-ring (bicyclic) bond motifs is 1. The highest BCUT2D eigenvalue weighted by atomic mass is 35.5. The molecule has 22 heavy (non-hydrogen) atoms. The Kier molecular flexibility index (Phi) is 3.88. The molecule has 2 N–H and O–H groups in total. The number of carbonyl (C=O) groups is 1. The first-order valence-electron chi connectivity index (χ1n) is 6.43. The van der Waals surface area contributed by atoms with Crippen LogP contribution in [0, 0.1) is 0 Å². The van der Waals surface area contributed by atoms with Crippen LogP contribution in [0.15, 0.2) is 53.5 Å². The molecule has 0 radical (unpaired) electrons. The van der Waals surface area contributed by atoms with Gasteiger partial charge in [0.2, 0.25) is 5.43 Å². The van der Waals surface area contributed by atoms with Gasteiger partial charge in [-0.3, -0.25) is 9.59 Å². The second kappa shape index (κ2) is 5.83. The number of aromatic amines is 1. The molecule has 0 atom stereocenters. The van der Waals surface area contributed by atoms with Gasteiger partial charge >= 0.3 is 0 Å². The van der Waals surface area contributed by atoms with Crippen molar-refractivity contribution < 1.29 is 4.79 Å². The van der Waals surface area contributed by atoms with Gasteiger partial charge in [0.25, 0.3) is 5.91 Å². The quantitative estimate of drug-likeness (QED) is 0.742. The van der Waals surface area contributed by atoms with Crippen LogP contribution in [0.3, 0.4) is 0 Å². The van der Waals surface area contributed by atoms with Crippen LogP contribution in [-0.2, 0) is 0 Å². The molecule has 0 spiro atoms. The zero-order valence-electron chi connectivity index (χ0n) is 11.2. The summed E-state index contributed by atoms with van der Waals surface area (Å²) in [5.41, 5.74) is 0.713. The number of anilines is 1. The highest BCUT2D eigenvalue weighted by Crippen LogP contribution is 2.19. The molecule has 3 rings (SSSR count). The molecule has 0 bridgehead atoms. The Labute approximate surface area is 135 Å². The van der Waals surface area contributed by atoms with Crippen LogP contribution in [0.1, 0.15) is 10.4 Å². The number of hydrogen-bond acceptors (Lipinski definition) is 2. The summed E-state index contributed by atoms with van der Waals surface area (Å²) in [7, 11) is 0. The minimum absolute atomic E-state index is 0.0183. The Bertz CT molecular complexity index is 918. The Morgan fingerprint density at radius 2 is 1.77 bits per heavy atom. The van der Waals surface area contributed by atoms with E-state index in [1.54, 1.807) is 42.5 Å². The Morgan fingerprint density at radius 3 is 2.50 bits per heavy atom. The molecule has 0 aliphatic rings. The maximum atomic E-state index is 12.4. The molecular formula is C16H10Cl2N2O2. The van der Waals surface area contributed by atoms with Gasteiger partial charge in [-0.25, -0.2) is 0 Å². The second-order valence-corrected chi connectivity index (χ2v) is 5.50. The number of para-hydroxylation sites is 1. The van der Waals surface area contributed by atoms with Crippen molar-refractivity contribution in [3.8, 4) is 0 Å². The summed E-state index contributed by atoms with van der Waals surface area (Å²) in [5.74, 6) is -0.495. The normalized spacial score (nSPS) is 10.6. The minimum Gasteiger partial charge on any atom is -0.359 e. The molecule has 2 aromatic carbocycles. The summed E-state index contributed by atoms with van der Waals surface area (Å²) in [6, 6.07) is 11.6. The number of benzene rings is 2. The maximum absolute atomic E-state index is 12.4. The van der Waals surface area contributed by atoms with E-state index >= 15 is 0 Å². The molecular weight excluding hydrogens is 323 g/mol. The lowest BCUT2D eigenvalue weighted by atomic mass is 10.1. The number of aromatic nitrogens is 1. The average Bonchev–Trinajstić information content (AvgIpc) is 2.51. The third-order valence-electron chi connectivity index (χ3n) is 3.21. The van der Waals surface area contributed by atoms with Crippen LogP contribution in [0.5, 0.6) is 0 Å². The first kappa shape index (κ1) is 14.6. The van der Waals surface area contributed by atoms with Crippen LogP contribution >= 0.6 is 23.2 Å². The summed E-state index contributed by atoms with van der Waals surface area (Å²) < 4.78 is 0. The average molecular weight is 333 g/mol. The standard InChI is InChI=1S/C16H10Cl2N2O2/c17-9-4-6-10(7-5-9)20-16(22)12-8-19-14-11(15(12)21)2-1-3-13(14)18/h1-8H,(H,19,21)(H,20,22). The van der Waals surface area contributed by atoms with Crippen molar-refractivity contribution in [2.75, 3.05) is 5.32 Å². The second-order valence-electron chi connectivity index (χ2n) is 4.65. The van der Waals surface area contributed by atoms with E-state index in [2.05, 4.69) is 10.3 Å². The Morgan fingerprint density at radius 1 is 1.05 bits per heavy atom. The summed E-state index contributed by atoms with van der Waals surface area (Å²) in [6.07, 6.45) is 1.36. The summed E-state index contributed by atoms with van der Waals surface area (Å²) in [6.45, 7) is 0. The van der Waals surface area contributed by atoms with E-state index < -0.39 is 5.91 Å². The number of halogens is 2. The number of amides is 1. The van der Waals surface area contributed by atoms with E-state index in [0.717, 1.165) is 0 Å². The molecule has 0 unspecified atom stereocenters. The van der Waals surface area contributed by atoms with Gasteiger partial charge in [-0.05, 0) is 36.4 Å². The zero-order chi connectivity index (χ0) is 15.7. The Balaban J connectivity index is 1.99. The number of nitrogens with one attached hydrogen (secondary N) is 2. The highest BCUT2D eigenvalue weighted by Gasteiger charge is 2.14. The Hall–Kier alpha value is -2.30. The van der Waals surface area contributed by atoms with E-state index in [1.807, 2.05) is 0 Å². The van der Waals surface area contributed by atoms with Crippen molar-refractivity contribution in [3.63, 3.8) is 0 Å². The predicted octanol–water partition coefficient (Wildman–Crippen LogP) is 4.09. The van der Waals surface area contributed by atoms with Crippen LogP contribution in [0.2, 0.25) is 10.0 Å². The molecule has 0 saturated heterocycles. The fourth-order valence-electron chi connectivity index (χ4n) is 2.12. The third-order valence-corrected chi connectivity index (χ3v) is 3.78. The largest absolute Gasteiger partial charge is 0.359 e. The summed E-state index contributed by atoms with van der Waals surface area (Å²) >= 11 is 11.8. The van der Waals surface area contributed by atoms with Crippen molar-refractivity contribution in [2.24, 2.45) is 0 Å². The molecule has 0 saturated carbocycles. The minimum atomic E-state index is -0.495. The van der Waals surface area contributed by atoms with Gasteiger partial charge in [0.1, 0.15) is 5.56 Å². The van der Waals surface area contributed by atoms with Crippen LogP contribution in [0.25, 0.3) is 10.9 Å². The fraction of sp³-hybridized carbons (Fsp3) is 0. The van der Waals surface area contributed by atoms with Gasteiger partial charge in [0, 0.05) is 22.3 Å². The van der Waals surface area contributed by atoms with Crippen molar-refractivity contribution in [1.29, 1.82) is 0 Å². The SMILES string of the molecule is O=C(Nc1ccc(Cl)cc1)c1c[nH]c2c(Cl)cccc2c1=O. The molecule has 1 aromatic heterocycles. The van der Waals surface area contributed by atoms with Crippen molar-refractivity contribution >= 4 is 45.7 Å². The number of H-pyrrole nitrogens is 1. The molecule has 0 aliphatic heterocycles. The summed E-state index contributed by atoms with van der Waals surface area (Å²) in [4.78, 5) is 27.5. The number of rotatable bonds is 2. The lowest BCUT2D eigenvalue weighted by Crippen LogP contribution is -2.21. The third kappa shape index (κ3) is 2.71. The van der Waals surface area contributed by atoms with Crippen LogP contribution in [-0.4, -0.2) is 10.9 Å². The first-order chi connectivity index (χ1) is 10.6. The molecule has 6 heteroatoms. The molecule has 0 fully saturated rings. The van der Waals surface area contributed by atoms with E-state index in [0.29, 0.717) is 26.6 Å². The van der Waals surface area contributed by atoms with Gasteiger partial charge in [0.05, 0.1) is 10.5 Å². The lowest BCUT2D eigenvalue weighted by molar-refractivity contribution is 0.102.